The zero-order chi connectivity index (χ0) is 19.6. The van der Waals surface area contributed by atoms with Gasteiger partial charge < -0.3 is 5.32 Å². The van der Waals surface area contributed by atoms with Crippen LogP contribution in [0.5, 0.6) is 0 Å². The molecule has 5 heteroatoms. The second kappa shape index (κ2) is 7.57. The van der Waals surface area contributed by atoms with Crippen LogP contribution in [0, 0.1) is 5.41 Å². The summed E-state index contributed by atoms with van der Waals surface area (Å²) in [6, 6.07) is 15.7. The summed E-state index contributed by atoms with van der Waals surface area (Å²) >= 11 is 6.12. The van der Waals surface area contributed by atoms with Crippen LogP contribution in [0.15, 0.2) is 61.1 Å². The van der Waals surface area contributed by atoms with Crippen molar-refractivity contribution in [1.82, 2.24) is 14.9 Å². The van der Waals surface area contributed by atoms with E-state index >= 15 is 0 Å². The maximum atomic E-state index is 12.8. The fourth-order valence-electron chi connectivity index (χ4n) is 2.66. The van der Waals surface area contributed by atoms with Gasteiger partial charge in [0.25, 0.3) is 5.91 Å². The third kappa shape index (κ3) is 4.40. The van der Waals surface area contributed by atoms with E-state index in [9.17, 15) is 4.79 Å². The molecule has 1 aromatic heterocycles. The van der Waals surface area contributed by atoms with Crippen molar-refractivity contribution < 1.29 is 4.79 Å². The largest absolute Gasteiger partial charge is 0.348 e. The first-order valence-electron chi connectivity index (χ1n) is 8.95. The second-order valence-corrected chi connectivity index (χ2v) is 8.21. The van der Waals surface area contributed by atoms with Crippen molar-refractivity contribution >= 4 is 17.5 Å². The lowest BCUT2D eigenvalue weighted by molar-refractivity contribution is 0.0903. The Morgan fingerprint density at radius 3 is 2.44 bits per heavy atom. The number of carbonyl (C=O) groups is 1. The summed E-state index contributed by atoms with van der Waals surface area (Å²) < 4.78 is 1.80. The van der Waals surface area contributed by atoms with E-state index < -0.39 is 0 Å². The van der Waals surface area contributed by atoms with E-state index in [4.69, 9.17) is 11.6 Å². The van der Waals surface area contributed by atoms with E-state index in [2.05, 4.69) is 31.1 Å². The first kappa shape index (κ1) is 19.2. The number of rotatable bonds is 4. The normalized spacial score (nSPS) is 12.6. The lowest BCUT2D eigenvalue weighted by Gasteiger charge is -2.28. The molecular formula is C22H24ClN3O. The van der Waals surface area contributed by atoms with Gasteiger partial charge in [-0.15, -0.1) is 0 Å². The Hall–Kier alpha value is -2.59. The molecule has 140 valence electrons. The molecule has 3 rings (SSSR count). The van der Waals surface area contributed by atoms with Gasteiger partial charge in [-0.2, -0.15) is 0 Å². The number of nitrogens with zero attached hydrogens (tertiary/aromatic N) is 2. The molecule has 0 bridgehead atoms. The SMILES string of the molecule is CC(NC(=O)c1cncn1-c1cccc(-c2cccc(Cl)c2)c1)C(C)(C)C. The van der Waals surface area contributed by atoms with Gasteiger partial charge in [-0.05, 0) is 47.7 Å². The van der Waals surface area contributed by atoms with Gasteiger partial charge in [0, 0.05) is 16.8 Å². The Labute approximate surface area is 165 Å². The van der Waals surface area contributed by atoms with Crippen LogP contribution in [0.3, 0.4) is 0 Å². The fraction of sp³-hybridized carbons (Fsp3) is 0.273. The predicted molar refractivity (Wildman–Crippen MR) is 110 cm³/mol. The lowest BCUT2D eigenvalue weighted by Crippen LogP contribution is -2.41. The van der Waals surface area contributed by atoms with Crippen LogP contribution in [-0.4, -0.2) is 21.5 Å². The average molecular weight is 382 g/mol. The lowest BCUT2D eigenvalue weighted by atomic mass is 9.88. The van der Waals surface area contributed by atoms with Crippen LogP contribution in [0.1, 0.15) is 38.2 Å². The smallest absolute Gasteiger partial charge is 0.270 e. The van der Waals surface area contributed by atoms with E-state index in [-0.39, 0.29) is 17.4 Å². The molecule has 0 aliphatic heterocycles. The van der Waals surface area contributed by atoms with Crippen molar-refractivity contribution in [3.63, 3.8) is 0 Å². The molecule has 0 aliphatic carbocycles. The van der Waals surface area contributed by atoms with Crippen molar-refractivity contribution in [2.45, 2.75) is 33.7 Å². The molecule has 3 aromatic rings. The molecule has 1 unspecified atom stereocenters. The number of amides is 1. The van der Waals surface area contributed by atoms with Gasteiger partial charge in [-0.1, -0.05) is 56.6 Å². The molecule has 1 amide bonds. The number of imidazole rings is 1. The molecule has 1 atom stereocenters. The number of nitrogens with one attached hydrogen (secondary N) is 1. The highest BCUT2D eigenvalue weighted by molar-refractivity contribution is 6.30. The predicted octanol–water partition coefficient (Wildman–Crippen LogP) is 5.36. The Balaban J connectivity index is 1.92. The van der Waals surface area contributed by atoms with E-state index in [1.165, 1.54) is 0 Å². The first-order valence-corrected chi connectivity index (χ1v) is 9.33. The van der Waals surface area contributed by atoms with Crippen LogP contribution >= 0.6 is 11.6 Å². The minimum Gasteiger partial charge on any atom is -0.348 e. The Morgan fingerprint density at radius 1 is 1.11 bits per heavy atom. The van der Waals surface area contributed by atoms with Crippen molar-refractivity contribution in [2.75, 3.05) is 0 Å². The second-order valence-electron chi connectivity index (χ2n) is 7.77. The molecule has 0 spiro atoms. The highest BCUT2D eigenvalue weighted by Crippen LogP contribution is 2.25. The Bertz CT molecular complexity index is 956. The van der Waals surface area contributed by atoms with Gasteiger partial charge in [-0.3, -0.25) is 9.36 Å². The quantitative estimate of drug-likeness (QED) is 0.661. The minimum atomic E-state index is -0.136. The van der Waals surface area contributed by atoms with E-state index in [1.54, 1.807) is 17.1 Å². The zero-order valence-corrected chi connectivity index (χ0v) is 16.8. The summed E-state index contributed by atoms with van der Waals surface area (Å²) in [5.41, 5.74) is 3.41. The molecule has 0 saturated heterocycles. The molecule has 0 fully saturated rings. The summed E-state index contributed by atoms with van der Waals surface area (Å²) in [5, 5.41) is 3.76. The third-order valence-electron chi connectivity index (χ3n) is 4.80. The van der Waals surface area contributed by atoms with Gasteiger partial charge in [0.15, 0.2) is 0 Å². The van der Waals surface area contributed by atoms with Gasteiger partial charge in [-0.25, -0.2) is 4.98 Å². The number of hydrogen-bond donors (Lipinski definition) is 1. The molecule has 27 heavy (non-hydrogen) atoms. The highest BCUT2D eigenvalue weighted by atomic mass is 35.5. The van der Waals surface area contributed by atoms with Gasteiger partial charge >= 0.3 is 0 Å². The average Bonchev–Trinajstić information content (AvgIpc) is 3.11. The Kier molecular flexibility index (Phi) is 5.38. The zero-order valence-electron chi connectivity index (χ0n) is 16.0. The van der Waals surface area contributed by atoms with Crippen molar-refractivity contribution in [3.8, 4) is 16.8 Å². The maximum Gasteiger partial charge on any atom is 0.270 e. The first-order chi connectivity index (χ1) is 12.8. The van der Waals surface area contributed by atoms with Gasteiger partial charge in [0.1, 0.15) is 5.69 Å². The fourth-order valence-corrected chi connectivity index (χ4v) is 2.85. The van der Waals surface area contributed by atoms with Gasteiger partial charge in [0.2, 0.25) is 0 Å². The van der Waals surface area contributed by atoms with E-state index in [0.717, 1.165) is 16.8 Å². The summed E-state index contributed by atoms with van der Waals surface area (Å²) in [7, 11) is 0. The van der Waals surface area contributed by atoms with E-state index in [0.29, 0.717) is 10.7 Å². The Morgan fingerprint density at radius 2 is 1.78 bits per heavy atom. The number of halogens is 1. The molecule has 0 aliphatic rings. The highest BCUT2D eigenvalue weighted by Gasteiger charge is 2.23. The van der Waals surface area contributed by atoms with Gasteiger partial charge in [0.05, 0.1) is 12.5 Å². The van der Waals surface area contributed by atoms with E-state index in [1.807, 2.05) is 55.5 Å². The maximum absolute atomic E-state index is 12.8. The number of benzene rings is 2. The van der Waals surface area contributed by atoms with Crippen molar-refractivity contribution in [2.24, 2.45) is 5.41 Å². The van der Waals surface area contributed by atoms with Crippen LogP contribution in [0.25, 0.3) is 16.8 Å². The number of hydrogen-bond acceptors (Lipinski definition) is 2. The topological polar surface area (TPSA) is 46.9 Å². The molecule has 2 aromatic carbocycles. The summed E-state index contributed by atoms with van der Waals surface area (Å²) in [4.78, 5) is 17.0. The summed E-state index contributed by atoms with van der Waals surface area (Å²) in [5.74, 6) is -0.136. The minimum absolute atomic E-state index is 0.0208. The third-order valence-corrected chi connectivity index (χ3v) is 5.04. The van der Waals surface area contributed by atoms with Crippen LogP contribution in [0.2, 0.25) is 5.02 Å². The van der Waals surface area contributed by atoms with Crippen LogP contribution in [-0.2, 0) is 0 Å². The van der Waals surface area contributed by atoms with Crippen LogP contribution in [0.4, 0.5) is 0 Å². The van der Waals surface area contributed by atoms with Crippen molar-refractivity contribution in [1.29, 1.82) is 0 Å². The summed E-state index contributed by atoms with van der Waals surface area (Å²) in [6.07, 6.45) is 3.25. The number of aromatic nitrogens is 2. The molecular weight excluding hydrogens is 358 g/mol. The monoisotopic (exact) mass is 381 g/mol. The number of carbonyl (C=O) groups excluding carboxylic acids is 1. The molecule has 0 radical (unpaired) electrons. The van der Waals surface area contributed by atoms with Crippen molar-refractivity contribution in [3.05, 3.63) is 71.8 Å². The standard InChI is InChI=1S/C22H24ClN3O/c1-15(22(2,3)4)25-21(27)20-13-24-14-26(20)19-10-6-8-17(12-19)16-7-5-9-18(23)11-16/h5-15H,1-4H3,(H,25,27). The van der Waals surface area contributed by atoms with Crippen LogP contribution < -0.4 is 5.32 Å². The molecule has 1 N–H and O–H groups in total. The molecule has 4 nitrogen and oxygen atoms in total. The molecule has 0 saturated carbocycles. The molecule has 1 heterocycles. The summed E-state index contributed by atoms with van der Waals surface area (Å²) in [6.45, 7) is 8.31.